The van der Waals surface area contributed by atoms with E-state index in [1.165, 1.54) is 11.3 Å². The van der Waals surface area contributed by atoms with E-state index in [-0.39, 0.29) is 11.9 Å². The normalized spacial score (nSPS) is 16.8. The molecule has 6 nitrogen and oxygen atoms in total. The maximum Gasteiger partial charge on any atom is 0.250 e. The molecule has 1 saturated heterocycles. The lowest BCUT2D eigenvalue weighted by Gasteiger charge is -2.15. The van der Waals surface area contributed by atoms with Crippen LogP contribution < -0.4 is 10.2 Å². The van der Waals surface area contributed by atoms with Crippen LogP contribution in [0.1, 0.15) is 12.0 Å². The third-order valence-corrected chi connectivity index (χ3v) is 5.10. The Kier molecular flexibility index (Phi) is 3.96. The molecule has 7 heteroatoms. The molecule has 1 amide bonds. The largest absolute Gasteiger partial charge is 0.371 e. The average Bonchev–Trinajstić information content (AvgIpc) is 3.37. The zero-order valence-electron chi connectivity index (χ0n) is 13.3. The zero-order chi connectivity index (χ0) is 17.2. The summed E-state index contributed by atoms with van der Waals surface area (Å²) in [4.78, 5) is 14.4. The third-order valence-electron chi connectivity index (χ3n) is 4.16. The van der Waals surface area contributed by atoms with E-state index in [4.69, 9.17) is 5.26 Å². The van der Waals surface area contributed by atoms with E-state index in [0.717, 1.165) is 16.4 Å². The number of nitrogens with zero attached hydrogens (tertiary/aromatic N) is 4. The van der Waals surface area contributed by atoms with Crippen molar-refractivity contribution in [2.45, 2.75) is 12.5 Å². The van der Waals surface area contributed by atoms with Gasteiger partial charge in [0.25, 0.3) is 0 Å². The number of hydrogen-bond donors (Lipinski definition) is 1. The maximum absolute atomic E-state index is 12.7. The topological polar surface area (TPSA) is 74.0 Å². The van der Waals surface area contributed by atoms with Gasteiger partial charge in [-0.25, -0.2) is 4.68 Å². The molecule has 1 aromatic carbocycles. The number of benzene rings is 1. The molecule has 3 aromatic rings. The van der Waals surface area contributed by atoms with Crippen LogP contribution >= 0.6 is 11.3 Å². The minimum atomic E-state index is -0.304. The van der Waals surface area contributed by atoms with Crippen molar-refractivity contribution in [1.82, 2.24) is 9.78 Å². The molecule has 0 unspecified atom stereocenters. The molecule has 0 spiro atoms. The monoisotopic (exact) mass is 349 g/mol. The number of rotatable bonds is 4. The molecule has 25 heavy (non-hydrogen) atoms. The number of carbonyl (C=O) groups excluding carboxylic acids is 1. The van der Waals surface area contributed by atoms with Gasteiger partial charge in [0, 0.05) is 6.54 Å². The lowest BCUT2D eigenvalue weighted by molar-refractivity contribution is -0.117. The Morgan fingerprint density at radius 2 is 2.12 bits per heavy atom. The first-order valence-corrected chi connectivity index (χ1v) is 8.80. The van der Waals surface area contributed by atoms with E-state index in [1.54, 1.807) is 21.8 Å². The molecule has 0 radical (unpaired) electrons. The molecule has 0 saturated carbocycles. The van der Waals surface area contributed by atoms with Gasteiger partial charge in [-0.2, -0.15) is 10.4 Å². The number of para-hydroxylation sites is 1. The molecular weight excluding hydrogens is 334 g/mol. The smallest absolute Gasteiger partial charge is 0.250 e. The second kappa shape index (κ2) is 6.42. The summed E-state index contributed by atoms with van der Waals surface area (Å²) in [7, 11) is 0. The first kappa shape index (κ1) is 15.4. The molecule has 4 rings (SSSR count). The number of aromatic nitrogens is 2. The third kappa shape index (κ3) is 2.88. The van der Waals surface area contributed by atoms with Gasteiger partial charge in [-0.15, -0.1) is 11.3 Å². The highest BCUT2D eigenvalue weighted by Gasteiger charge is 2.34. The molecule has 1 fully saturated rings. The molecule has 1 atom stereocenters. The second-order valence-electron chi connectivity index (χ2n) is 5.74. The summed E-state index contributed by atoms with van der Waals surface area (Å²) in [6.07, 6.45) is 4.28. The van der Waals surface area contributed by atoms with Crippen LogP contribution in [-0.2, 0) is 4.79 Å². The van der Waals surface area contributed by atoms with E-state index < -0.39 is 0 Å². The van der Waals surface area contributed by atoms with Gasteiger partial charge in [0.1, 0.15) is 17.1 Å². The van der Waals surface area contributed by atoms with Crippen LogP contribution in [0.25, 0.3) is 5.69 Å². The van der Waals surface area contributed by atoms with Crippen molar-refractivity contribution < 1.29 is 4.79 Å². The molecule has 124 valence electrons. The molecule has 1 aliphatic heterocycles. The minimum Gasteiger partial charge on any atom is -0.371 e. The van der Waals surface area contributed by atoms with Gasteiger partial charge < -0.3 is 10.2 Å². The number of nitriles is 1. The Hall–Kier alpha value is -3.11. The van der Waals surface area contributed by atoms with E-state index in [0.29, 0.717) is 18.5 Å². The number of carbonyl (C=O) groups is 1. The van der Waals surface area contributed by atoms with Crippen molar-refractivity contribution in [2.75, 3.05) is 16.8 Å². The number of thiophene rings is 1. The fraction of sp³-hybridized carbons (Fsp3) is 0.167. The molecule has 0 aliphatic carbocycles. The predicted octanol–water partition coefficient (Wildman–Crippen LogP) is 3.02. The highest BCUT2D eigenvalue weighted by molar-refractivity contribution is 7.14. The Morgan fingerprint density at radius 1 is 1.28 bits per heavy atom. The van der Waals surface area contributed by atoms with Crippen LogP contribution in [0.5, 0.6) is 0 Å². The Morgan fingerprint density at radius 3 is 2.92 bits per heavy atom. The van der Waals surface area contributed by atoms with Crippen LogP contribution in [0.3, 0.4) is 0 Å². The maximum atomic E-state index is 12.7. The fourth-order valence-corrected chi connectivity index (χ4v) is 3.81. The fourth-order valence-electron chi connectivity index (χ4n) is 2.93. The second-order valence-corrected chi connectivity index (χ2v) is 6.63. The van der Waals surface area contributed by atoms with Gasteiger partial charge >= 0.3 is 0 Å². The summed E-state index contributed by atoms with van der Waals surface area (Å²) >= 11 is 1.42. The molecule has 2 aromatic heterocycles. The van der Waals surface area contributed by atoms with Crippen molar-refractivity contribution in [3.05, 3.63) is 59.7 Å². The predicted molar refractivity (Wildman–Crippen MR) is 97.0 cm³/mol. The lowest BCUT2D eigenvalue weighted by atomic mass is 10.2. The van der Waals surface area contributed by atoms with Gasteiger partial charge in [-0.05, 0) is 30.0 Å². The lowest BCUT2D eigenvalue weighted by Crippen LogP contribution is -2.33. The van der Waals surface area contributed by atoms with Crippen molar-refractivity contribution in [1.29, 1.82) is 5.26 Å². The summed E-state index contributed by atoms with van der Waals surface area (Å²) in [5.41, 5.74) is 2.32. The van der Waals surface area contributed by atoms with Crippen molar-refractivity contribution >= 4 is 27.9 Å². The van der Waals surface area contributed by atoms with Gasteiger partial charge in [-0.1, -0.05) is 18.2 Å². The average molecular weight is 349 g/mol. The summed E-state index contributed by atoms with van der Waals surface area (Å²) < 4.78 is 1.77. The quantitative estimate of drug-likeness (QED) is 0.786. The van der Waals surface area contributed by atoms with E-state index >= 15 is 0 Å². The SMILES string of the molecule is N#Cc1ccsc1N1CC[C@H](Nc2cnn(-c3ccccc3)c2)C1=O. The Bertz CT molecular complexity index is 940. The van der Waals surface area contributed by atoms with Gasteiger partial charge in [0.2, 0.25) is 5.91 Å². The summed E-state index contributed by atoms with van der Waals surface area (Å²) in [5.74, 6) is -0.00795. The number of amides is 1. The molecule has 1 N–H and O–H groups in total. The first-order chi connectivity index (χ1) is 12.3. The molecule has 0 bridgehead atoms. The van der Waals surface area contributed by atoms with Crippen LogP contribution in [0.2, 0.25) is 0 Å². The van der Waals surface area contributed by atoms with Crippen LogP contribution in [0.15, 0.2) is 54.2 Å². The van der Waals surface area contributed by atoms with Crippen LogP contribution in [0, 0.1) is 11.3 Å². The summed E-state index contributed by atoms with van der Waals surface area (Å²) in [6, 6.07) is 13.4. The molecule has 1 aliphatic rings. The van der Waals surface area contributed by atoms with Crippen molar-refractivity contribution in [3.8, 4) is 11.8 Å². The van der Waals surface area contributed by atoms with Gasteiger partial charge in [-0.3, -0.25) is 4.79 Å². The Labute approximate surface area is 148 Å². The van der Waals surface area contributed by atoms with Crippen molar-refractivity contribution in [2.24, 2.45) is 0 Å². The van der Waals surface area contributed by atoms with E-state index in [1.807, 2.05) is 41.9 Å². The Balaban J connectivity index is 1.49. The zero-order valence-corrected chi connectivity index (χ0v) is 14.1. The number of anilines is 2. The van der Waals surface area contributed by atoms with E-state index in [2.05, 4.69) is 16.5 Å². The first-order valence-electron chi connectivity index (χ1n) is 7.92. The molecule has 3 heterocycles. The van der Waals surface area contributed by atoms with Crippen LogP contribution in [-0.4, -0.2) is 28.3 Å². The van der Waals surface area contributed by atoms with Crippen LogP contribution in [0.4, 0.5) is 10.7 Å². The summed E-state index contributed by atoms with van der Waals surface area (Å²) in [6.45, 7) is 0.610. The molecular formula is C18H15N5OS. The van der Waals surface area contributed by atoms with Gasteiger partial charge in [0.15, 0.2) is 0 Å². The van der Waals surface area contributed by atoms with Gasteiger partial charge in [0.05, 0.1) is 29.3 Å². The highest BCUT2D eigenvalue weighted by Crippen LogP contribution is 2.31. The summed E-state index contributed by atoms with van der Waals surface area (Å²) in [5, 5.41) is 19.3. The number of nitrogens with one attached hydrogen (secondary N) is 1. The van der Waals surface area contributed by atoms with Crippen molar-refractivity contribution in [3.63, 3.8) is 0 Å². The van der Waals surface area contributed by atoms with E-state index in [9.17, 15) is 4.79 Å². The minimum absolute atomic E-state index is 0.00795. The number of hydrogen-bond acceptors (Lipinski definition) is 5. The highest BCUT2D eigenvalue weighted by atomic mass is 32.1. The standard InChI is InChI=1S/C18H15N5OS/c19-10-13-7-9-25-18(13)22-8-6-16(17(22)24)21-14-11-20-23(12-14)15-4-2-1-3-5-15/h1-5,7,9,11-12,16,21H,6,8H2/t16-/m0/s1.